The average molecular weight is 228 g/mol. The number of aryl methyl sites for hydroxylation is 1. The van der Waals surface area contributed by atoms with Gasteiger partial charge in [0, 0.05) is 24.2 Å². The van der Waals surface area contributed by atoms with Crippen molar-refractivity contribution in [3.05, 3.63) is 16.1 Å². The smallest absolute Gasteiger partial charge is 0.109 e. The summed E-state index contributed by atoms with van der Waals surface area (Å²) < 4.78 is 5.39. The SMILES string of the molecule is CCCOCCNC(C)c1ncc(C)s1. The molecule has 4 heteroatoms. The van der Waals surface area contributed by atoms with Gasteiger partial charge in [-0.05, 0) is 20.3 Å². The molecule has 0 radical (unpaired) electrons. The van der Waals surface area contributed by atoms with Gasteiger partial charge < -0.3 is 10.1 Å². The standard InChI is InChI=1S/C11H20N2OS/c1-4-6-14-7-5-12-10(3)11-13-8-9(2)15-11/h8,10,12H,4-7H2,1-3H3. The highest BCUT2D eigenvalue weighted by Crippen LogP contribution is 2.18. The molecule has 0 amide bonds. The number of rotatable bonds is 7. The third kappa shape index (κ3) is 4.73. The molecule has 0 aliphatic rings. The van der Waals surface area contributed by atoms with E-state index in [9.17, 15) is 0 Å². The second-order valence-corrected chi connectivity index (χ2v) is 4.86. The molecule has 1 atom stereocenters. The van der Waals surface area contributed by atoms with Gasteiger partial charge >= 0.3 is 0 Å². The molecule has 1 aromatic heterocycles. The molecular weight excluding hydrogens is 208 g/mol. The zero-order chi connectivity index (χ0) is 11.1. The highest BCUT2D eigenvalue weighted by Gasteiger charge is 2.07. The van der Waals surface area contributed by atoms with Crippen molar-refractivity contribution in [1.82, 2.24) is 10.3 Å². The molecule has 0 fully saturated rings. The maximum Gasteiger partial charge on any atom is 0.109 e. The van der Waals surface area contributed by atoms with Crippen LogP contribution < -0.4 is 5.32 Å². The first-order valence-corrected chi connectivity index (χ1v) is 6.29. The van der Waals surface area contributed by atoms with Crippen molar-refractivity contribution in [2.45, 2.75) is 33.2 Å². The Kier molecular flexibility index (Phi) is 5.83. The lowest BCUT2D eigenvalue weighted by Crippen LogP contribution is -2.23. The summed E-state index contributed by atoms with van der Waals surface area (Å²) in [6.45, 7) is 8.86. The summed E-state index contributed by atoms with van der Waals surface area (Å²) in [7, 11) is 0. The number of aromatic nitrogens is 1. The summed E-state index contributed by atoms with van der Waals surface area (Å²) in [4.78, 5) is 5.61. The average Bonchev–Trinajstić information content (AvgIpc) is 2.64. The molecule has 0 bridgehead atoms. The molecule has 0 aliphatic carbocycles. The van der Waals surface area contributed by atoms with Crippen LogP contribution in [-0.4, -0.2) is 24.7 Å². The van der Waals surface area contributed by atoms with E-state index < -0.39 is 0 Å². The first kappa shape index (κ1) is 12.6. The number of thiazole rings is 1. The molecule has 0 saturated carbocycles. The first-order valence-electron chi connectivity index (χ1n) is 5.47. The van der Waals surface area contributed by atoms with Crippen LogP contribution in [-0.2, 0) is 4.74 Å². The van der Waals surface area contributed by atoms with Crippen molar-refractivity contribution in [2.24, 2.45) is 0 Å². The zero-order valence-electron chi connectivity index (χ0n) is 9.75. The predicted molar refractivity (Wildman–Crippen MR) is 64.4 cm³/mol. The number of ether oxygens (including phenoxy) is 1. The van der Waals surface area contributed by atoms with Crippen LogP contribution >= 0.6 is 11.3 Å². The fraction of sp³-hybridized carbons (Fsp3) is 0.727. The molecule has 0 aliphatic heterocycles. The monoisotopic (exact) mass is 228 g/mol. The number of nitrogens with one attached hydrogen (secondary N) is 1. The second kappa shape index (κ2) is 6.93. The van der Waals surface area contributed by atoms with E-state index in [2.05, 4.69) is 31.1 Å². The van der Waals surface area contributed by atoms with Gasteiger partial charge in [-0.25, -0.2) is 4.98 Å². The molecule has 15 heavy (non-hydrogen) atoms. The Hall–Kier alpha value is -0.450. The Morgan fingerprint density at radius 3 is 2.93 bits per heavy atom. The Balaban J connectivity index is 2.16. The van der Waals surface area contributed by atoms with Crippen LogP contribution in [0, 0.1) is 6.92 Å². The summed E-state index contributed by atoms with van der Waals surface area (Å²) in [5.74, 6) is 0. The van der Waals surface area contributed by atoms with Gasteiger partial charge in [0.25, 0.3) is 0 Å². The zero-order valence-corrected chi connectivity index (χ0v) is 10.6. The fourth-order valence-electron chi connectivity index (χ4n) is 1.25. The first-order chi connectivity index (χ1) is 7.24. The second-order valence-electron chi connectivity index (χ2n) is 3.60. The summed E-state index contributed by atoms with van der Waals surface area (Å²) in [6.07, 6.45) is 3.01. The Bertz CT molecular complexity index is 275. The Morgan fingerprint density at radius 2 is 2.33 bits per heavy atom. The van der Waals surface area contributed by atoms with E-state index >= 15 is 0 Å². The van der Waals surface area contributed by atoms with Gasteiger partial charge in [-0.3, -0.25) is 0 Å². The number of hydrogen-bond acceptors (Lipinski definition) is 4. The maximum atomic E-state index is 5.39. The summed E-state index contributed by atoms with van der Waals surface area (Å²) in [5, 5.41) is 4.55. The lowest BCUT2D eigenvalue weighted by molar-refractivity contribution is 0.135. The van der Waals surface area contributed by atoms with Gasteiger partial charge in [-0.2, -0.15) is 0 Å². The topological polar surface area (TPSA) is 34.1 Å². The van der Waals surface area contributed by atoms with Crippen molar-refractivity contribution in [2.75, 3.05) is 19.8 Å². The predicted octanol–water partition coefficient (Wildman–Crippen LogP) is 2.53. The molecular formula is C11H20N2OS. The van der Waals surface area contributed by atoms with E-state index in [1.165, 1.54) is 4.88 Å². The van der Waals surface area contributed by atoms with E-state index in [1.54, 1.807) is 11.3 Å². The van der Waals surface area contributed by atoms with E-state index in [0.717, 1.165) is 31.2 Å². The van der Waals surface area contributed by atoms with Crippen molar-refractivity contribution >= 4 is 11.3 Å². The Labute approximate surface area is 95.9 Å². The van der Waals surface area contributed by atoms with Gasteiger partial charge in [0.1, 0.15) is 5.01 Å². The summed E-state index contributed by atoms with van der Waals surface area (Å²) in [6, 6.07) is 0.328. The normalized spacial score (nSPS) is 13.0. The van der Waals surface area contributed by atoms with Crippen molar-refractivity contribution < 1.29 is 4.74 Å². The van der Waals surface area contributed by atoms with Crippen molar-refractivity contribution in [3.63, 3.8) is 0 Å². The highest BCUT2D eigenvalue weighted by molar-refractivity contribution is 7.11. The van der Waals surface area contributed by atoms with Gasteiger partial charge in [-0.15, -0.1) is 11.3 Å². The molecule has 1 N–H and O–H groups in total. The van der Waals surface area contributed by atoms with E-state index in [4.69, 9.17) is 4.74 Å². The fourth-order valence-corrected chi connectivity index (χ4v) is 2.05. The third-order valence-electron chi connectivity index (χ3n) is 2.05. The number of nitrogens with zero attached hydrogens (tertiary/aromatic N) is 1. The molecule has 3 nitrogen and oxygen atoms in total. The van der Waals surface area contributed by atoms with Gasteiger partial charge in [0.05, 0.1) is 12.6 Å². The van der Waals surface area contributed by atoms with Crippen LogP contribution in [0.2, 0.25) is 0 Å². The van der Waals surface area contributed by atoms with Gasteiger partial charge in [0.2, 0.25) is 0 Å². The van der Waals surface area contributed by atoms with Crippen LogP contribution in [0.1, 0.15) is 36.2 Å². The van der Waals surface area contributed by atoms with Crippen LogP contribution in [0.5, 0.6) is 0 Å². The molecule has 1 unspecified atom stereocenters. The molecule has 0 saturated heterocycles. The molecule has 1 heterocycles. The highest BCUT2D eigenvalue weighted by atomic mass is 32.1. The van der Waals surface area contributed by atoms with Crippen molar-refractivity contribution in [1.29, 1.82) is 0 Å². The lowest BCUT2D eigenvalue weighted by Gasteiger charge is -2.10. The van der Waals surface area contributed by atoms with E-state index in [-0.39, 0.29) is 0 Å². The van der Waals surface area contributed by atoms with E-state index in [0.29, 0.717) is 6.04 Å². The largest absolute Gasteiger partial charge is 0.380 e. The minimum Gasteiger partial charge on any atom is -0.380 e. The minimum atomic E-state index is 0.328. The third-order valence-corrected chi connectivity index (χ3v) is 3.15. The van der Waals surface area contributed by atoms with Gasteiger partial charge in [-0.1, -0.05) is 6.92 Å². The van der Waals surface area contributed by atoms with Crippen molar-refractivity contribution in [3.8, 4) is 0 Å². The molecule has 86 valence electrons. The van der Waals surface area contributed by atoms with Gasteiger partial charge in [0.15, 0.2) is 0 Å². The minimum absolute atomic E-state index is 0.328. The Morgan fingerprint density at radius 1 is 1.53 bits per heavy atom. The van der Waals surface area contributed by atoms with Crippen LogP contribution in [0.15, 0.2) is 6.20 Å². The molecule has 0 aromatic carbocycles. The van der Waals surface area contributed by atoms with E-state index in [1.807, 2.05) is 6.20 Å². The molecule has 1 aromatic rings. The molecule has 0 spiro atoms. The van der Waals surface area contributed by atoms with Crippen LogP contribution in [0.4, 0.5) is 0 Å². The summed E-state index contributed by atoms with van der Waals surface area (Å²) >= 11 is 1.75. The maximum absolute atomic E-state index is 5.39. The summed E-state index contributed by atoms with van der Waals surface area (Å²) in [5.41, 5.74) is 0. The quantitative estimate of drug-likeness (QED) is 0.728. The number of hydrogen-bond donors (Lipinski definition) is 1. The lowest BCUT2D eigenvalue weighted by atomic mass is 10.3. The van der Waals surface area contributed by atoms with Crippen LogP contribution in [0.3, 0.4) is 0 Å². The molecule has 1 rings (SSSR count). The van der Waals surface area contributed by atoms with Crippen LogP contribution in [0.25, 0.3) is 0 Å².